The summed E-state index contributed by atoms with van der Waals surface area (Å²) in [6, 6.07) is 8.66. The zero-order chi connectivity index (χ0) is 22.4. The third-order valence-corrected chi connectivity index (χ3v) is 5.68. The van der Waals surface area contributed by atoms with Crippen molar-refractivity contribution in [3.05, 3.63) is 64.2 Å². The summed E-state index contributed by atoms with van der Waals surface area (Å²) in [5.41, 5.74) is -0.114. The van der Waals surface area contributed by atoms with Crippen LogP contribution in [-0.2, 0) is 11.3 Å². The van der Waals surface area contributed by atoms with Crippen LogP contribution in [0.1, 0.15) is 32.6 Å². The zero-order valence-electron chi connectivity index (χ0n) is 17.0. The van der Waals surface area contributed by atoms with Crippen LogP contribution in [0.4, 0.5) is 18.9 Å². The van der Waals surface area contributed by atoms with Crippen LogP contribution in [0.5, 0.6) is 0 Å². The van der Waals surface area contributed by atoms with Crippen molar-refractivity contribution in [2.45, 2.75) is 44.3 Å². The van der Waals surface area contributed by atoms with Gasteiger partial charge in [0.15, 0.2) is 22.6 Å². The van der Waals surface area contributed by atoms with Crippen molar-refractivity contribution in [2.75, 3.05) is 11.1 Å². The molecule has 0 aliphatic heterocycles. The van der Waals surface area contributed by atoms with E-state index in [-0.39, 0.29) is 11.3 Å². The fourth-order valence-corrected chi connectivity index (χ4v) is 3.92. The van der Waals surface area contributed by atoms with E-state index in [1.807, 2.05) is 0 Å². The van der Waals surface area contributed by atoms with Gasteiger partial charge in [0, 0.05) is 6.54 Å². The van der Waals surface area contributed by atoms with Gasteiger partial charge in [-0.3, -0.25) is 14.2 Å². The number of carbonyl (C=O) groups excluding carboxylic acids is 1. The number of rotatable bonds is 9. The standard InChI is InChI=1S/C22H22F3N3O2S/c1-2-3-4-7-12-28-21(30)14-8-5-6-9-16(14)27-22(28)31-13-18(29)26-17-11-10-15(23)19(24)20(17)25/h5-6,8-11H,2-4,7,12-13H2,1H3,(H,26,29). The van der Waals surface area contributed by atoms with Crippen molar-refractivity contribution in [1.29, 1.82) is 0 Å². The van der Waals surface area contributed by atoms with Gasteiger partial charge in [-0.05, 0) is 30.7 Å². The summed E-state index contributed by atoms with van der Waals surface area (Å²) >= 11 is 1.03. The van der Waals surface area contributed by atoms with Gasteiger partial charge in [0.1, 0.15) is 0 Å². The van der Waals surface area contributed by atoms with Gasteiger partial charge in [-0.2, -0.15) is 0 Å². The van der Waals surface area contributed by atoms with Gasteiger partial charge in [-0.25, -0.2) is 18.2 Å². The van der Waals surface area contributed by atoms with Crippen LogP contribution in [0, 0.1) is 17.5 Å². The second-order valence-electron chi connectivity index (χ2n) is 6.99. The van der Waals surface area contributed by atoms with E-state index in [0.29, 0.717) is 22.6 Å². The largest absolute Gasteiger partial charge is 0.323 e. The molecule has 1 amide bonds. The second-order valence-corrected chi connectivity index (χ2v) is 7.93. The fourth-order valence-electron chi connectivity index (χ4n) is 3.09. The molecule has 0 saturated heterocycles. The first kappa shape index (κ1) is 22.9. The molecule has 1 aromatic heterocycles. The van der Waals surface area contributed by atoms with E-state index in [9.17, 15) is 22.8 Å². The van der Waals surface area contributed by atoms with Crippen LogP contribution < -0.4 is 10.9 Å². The summed E-state index contributed by atoms with van der Waals surface area (Å²) < 4.78 is 41.7. The number of hydrogen-bond donors (Lipinski definition) is 1. The first-order valence-corrected chi connectivity index (χ1v) is 11.0. The van der Waals surface area contributed by atoms with Gasteiger partial charge in [-0.1, -0.05) is 50.1 Å². The van der Waals surface area contributed by atoms with Crippen molar-refractivity contribution in [2.24, 2.45) is 0 Å². The number of unbranched alkanes of at least 4 members (excludes halogenated alkanes) is 3. The predicted octanol–water partition coefficient (Wildman–Crippen LogP) is 5.12. The van der Waals surface area contributed by atoms with Crippen LogP contribution in [0.3, 0.4) is 0 Å². The molecule has 3 aromatic rings. The Morgan fingerprint density at radius 1 is 1.06 bits per heavy atom. The third-order valence-electron chi connectivity index (χ3n) is 4.70. The Morgan fingerprint density at radius 3 is 2.61 bits per heavy atom. The molecule has 164 valence electrons. The predicted molar refractivity (Wildman–Crippen MR) is 116 cm³/mol. The number of thioether (sulfide) groups is 1. The van der Waals surface area contributed by atoms with Crippen LogP contribution >= 0.6 is 11.8 Å². The Labute approximate surface area is 181 Å². The summed E-state index contributed by atoms with van der Waals surface area (Å²) in [7, 11) is 0. The van der Waals surface area contributed by atoms with E-state index in [0.717, 1.165) is 49.6 Å². The lowest BCUT2D eigenvalue weighted by molar-refractivity contribution is -0.113. The number of anilines is 1. The third kappa shape index (κ3) is 5.46. The fraction of sp³-hybridized carbons (Fsp3) is 0.318. The Kier molecular flexibility index (Phi) is 7.73. The monoisotopic (exact) mass is 449 g/mol. The first-order valence-electron chi connectivity index (χ1n) is 9.98. The molecule has 0 atom stereocenters. The maximum Gasteiger partial charge on any atom is 0.262 e. The molecular weight excluding hydrogens is 427 g/mol. The maximum absolute atomic E-state index is 13.8. The van der Waals surface area contributed by atoms with Gasteiger partial charge in [0.05, 0.1) is 22.3 Å². The zero-order valence-corrected chi connectivity index (χ0v) is 17.8. The lowest BCUT2D eigenvalue weighted by atomic mass is 10.2. The number of nitrogens with zero attached hydrogens (tertiary/aromatic N) is 2. The van der Waals surface area contributed by atoms with Crippen molar-refractivity contribution in [3.8, 4) is 0 Å². The van der Waals surface area contributed by atoms with E-state index in [4.69, 9.17) is 0 Å². The summed E-state index contributed by atoms with van der Waals surface area (Å²) in [6.45, 7) is 2.57. The highest BCUT2D eigenvalue weighted by atomic mass is 32.2. The molecule has 1 N–H and O–H groups in total. The minimum absolute atomic E-state index is 0.182. The number of nitrogens with one attached hydrogen (secondary N) is 1. The molecule has 0 saturated carbocycles. The Balaban J connectivity index is 1.78. The summed E-state index contributed by atoms with van der Waals surface area (Å²) in [5, 5.41) is 3.10. The Morgan fingerprint density at radius 2 is 1.84 bits per heavy atom. The molecule has 0 bridgehead atoms. The van der Waals surface area contributed by atoms with E-state index in [1.54, 1.807) is 28.8 Å². The number of halogens is 3. The number of benzene rings is 2. The first-order chi connectivity index (χ1) is 14.9. The second kappa shape index (κ2) is 10.5. The molecular formula is C22H22F3N3O2S. The molecule has 5 nitrogen and oxygen atoms in total. The normalized spacial score (nSPS) is 11.1. The smallest absolute Gasteiger partial charge is 0.262 e. The van der Waals surface area contributed by atoms with Gasteiger partial charge < -0.3 is 5.32 Å². The van der Waals surface area contributed by atoms with E-state index in [2.05, 4.69) is 17.2 Å². The number of carbonyl (C=O) groups is 1. The molecule has 0 aliphatic rings. The van der Waals surface area contributed by atoms with Crippen LogP contribution in [-0.4, -0.2) is 21.2 Å². The van der Waals surface area contributed by atoms with E-state index < -0.39 is 29.0 Å². The maximum atomic E-state index is 13.8. The number of amides is 1. The van der Waals surface area contributed by atoms with Crippen molar-refractivity contribution < 1.29 is 18.0 Å². The molecule has 0 fully saturated rings. The minimum Gasteiger partial charge on any atom is -0.323 e. The molecule has 3 rings (SSSR count). The molecule has 0 spiro atoms. The van der Waals surface area contributed by atoms with Crippen molar-refractivity contribution in [3.63, 3.8) is 0 Å². The van der Waals surface area contributed by atoms with E-state index >= 15 is 0 Å². The van der Waals surface area contributed by atoms with Crippen LogP contribution in [0.25, 0.3) is 10.9 Å². The SMILES string of the molecule is CCCCCCn1c(SCC(=O)Nc2ccc(F)c(F)c2F)nc2ccccc2c1=O. The average Bonchev–Trinajstić information content (AvgIpc) is 2.77. The van der Waals surface area contributed by atoms with Crippen LogP contribution in [0.15, 0.2) is 46.3 Å². The molecule has 0 aliphatic carbocycles. The molecule has 31 heavy (non-hydrogen) atoms. The molecule has 0 unspecified atom stereocenters. The number of fused-ring (bicyclic) bond motifs is 1. The Bertz CT molecular complexity index is 1150. The van der Waals surface area contributed by atoms with Crippen molar-refractivity contribution in [1.82, 2.24) is 9.55 Å². The summed E-state index contributed by atoms with van der Waals surface area (Å²) in [5.74, 6) is -5.26. The molecule has 1 heterocycles. The van der Waals surface area contributed by atoms with Crippen LogP contribution in [0.2, 0.25) is 0 Å². The Hall–Kier alpha value is -2.81. The molecule has 9 heteroatoms. The molecule has 2 aromatic carbocycles. The van der Waals surface area contributed by atoms with Gasteiger partial charge in [-0.15, -0.1) is 0 Å². The topological polar surface area (TPSA) is 64.0 Å². The lowest BCUT2D eigenvalue weighted by Crippen LogP contribution is -2.24. The number of para-hydroxylation sites is 1. The van der Waals surface area contributed by atoms with Crippen molar-refractivity contribution >= 4 is 34.3 Å². The average molecular weight is 449 g/mol. The quantitative estimate of drug-likeness (QED) is 0.213. The summed E-state index contributed by atoms with van der Waals surface area (Å²) in [4.78, 5) is 29.7. The highest BCUT2D eigenvalue weighted by Crippen LogP contribution is 2.22. The highest BCUT2D eigenvalue weighted by molar-refractivity contribution is 7.99. The van der Waals surface area contributed by atoms with Gasteiger partial charge in [0.2, 0.25) is 5.91 Å². The van der Waals surface area contributed by atoms with E-state index in [1.165, 1.54) is 0 Å². The van der Waals surface area contributed by atoms with Gasteiger partial charge >= 0.3 is 0 Å². The number of hydrogen-bond acceptors (Lipinski definition) is 4. The lowest BCUT2D eigenvalue weighted by Gasteiger charge is -2.13. The molecule has 0 radical (unpaired) electrons. The number of aromatic nitrogens is 2. The highest BCUT2D eigenvalue weighted by Gasteiger charge is 2.17. The van der Waals surface area contributed by atoms with Gasteiger partial charge in [0.25, 0.3) is 5.56 Å². The summed E-state index contributed by atoms with van der Waals surface area (Å²) in [6.07, 6.45) is 3.89. The minimum atomic E-state index is -1.65.